The summed E-state index contributed by atoms with van der Waals surface area (Å²) in [4.78, 5) is 14.5. The summed E-state index contributed by atoms with van der Waals surface area (Å²) in [5.74, 6) is 0.159. The summed E-state index contributed by atoms with van der Waals surface area (Å²) in [6.45, 7) is 5.63. The summed E-state index contributed by atoms with van der Waals surface area (Å²) >= 11 is 3.15. The van der Waals surface area contributed by atoms with Crippen molar-refractivity contribution in [2.75, 3.05) is 26.2 Å². The fourth-order valence-electron chi connectivity index (χ4n) is 2.75. The third kappa shape index (κ3) is 4.51. The SMILES string of the molecule is CCCN(CC1CCCNC1)C(=O)c1ccc(F)c(Br)c1. The Bertz CT molecular complexity index is 489. The lowest BCUT2D eigenvalue weighted by Gasteiger charge is -2.30. The van der Waals surface area contributed by atoms with E-state index in [1.165, 1.54) is 12.5 Å². The van der Waals surface area contributed by atoms with E-state index < -0.39 is 0 Å². The maximum Gasteiger partial charge on any atom is 0.253 e. The van der Waals surface area contributed by atoms with E-state index in [-0.39, 0.29) is 11.7 Å². The first-order valence-electron chi connectivity index (χ1n) is 7.57. The molecule has 1 heterocycles. The summed E-state index contributed by atoms with van der Waals surface area (Å²) in [7, 11) is 0. The van der Waals surface area contributed by atoms with E-state index in [4.69, 9.17) is 0 Å². The molecular weight excluding hydrogens is 335 g/mol. The second-order valence-electron chi connectivity index (χ2n) is 5.59. The normalized spacial score (nSPS) is 18.5. The minimum Gasteiger partial charge on any atom is -0.338 e. The molecule has 21 heavy (non-hydrogen) atoms. The summed E-state index contributed by atoms with van der Waals surface area (Å²) in [5.41, 5.74) is 0.542. The monoisotopic (exact) mass is 356 g/mol. The topological polar surface area (TPSA) is 32.3 Å². The first-order chi connectivity index (χ1) is 10.1. The number of nitrogens with one attached hydrogen (secondary N) is 1. The average Bonchev–Trinajstić information content (AvgIpc) is 2.50. The van der Waals surface area contributed by atoms with Crippen LogP contribution < -0.4 is 5.32 Å². The summed E-state index contributed by atoms with van der Waals surface area (Å²) < 4.78 is 13.6. The molecule has 1 aliphatic heterocycles. The minimum atomic E-state index is -0.343. The number of carbonyl (C=O) groups is 1. The largest absolute Gasteiger partial charge is 0.338 e. The molecule has 1 aromatic carbocycles. The zero-order chi connectivity index (χ0) is 15.2. The van der Waals surface area contributed by atoms with Crippen LogP contribution in [0.25, 0.3) is 0 Å². The van der Waals surface area contributed by atoms with Gasteiger partial charge in [0.1, 0.15) is 5.82 Å². The Labute approximate surface area is 134 Å². The third-order valence-electron chi connectivity index (χ3n) is 3.82. The molecule has 5 heteroatoms. The van der Waals surface area contributed by atoms with Gasteiger partial charge in [0, 0.05) is 18.7 Å². The molecule has 3 nitrogen and oxygen atoms in total. The highest BCUT2D eigenvalue weighted by molar-refractivity contribution is 9.10. The third-order valence-corrected chi connectivity index (χ3v) is 4.43. The molecule has 1 atom stereocenters. The molecule has 0 aliphatic carbocycles. The van der Waals surface area contributed by atoms with Crippen LogP contribution in [-0.2, 0) is 0 Å². The van der Waals surface area contributed by atoms with Crippen LogP contribution in [0.2, 0.25) is 0 Å². The molecule has 0 bridgehead atoms. The number of nitrogens with zero attached hydrogens (tertiary/aromatic N) is 1. The van der Waals surface area contributed by atoms with Crippen LogP contribution in [0.1, 0.15) is 36.5 Å². The molecule has 1 fully saturated rings. The molecule has 116 valence electrons. The highest BCUT2D eigenvalue weighted by Crippen LogP contribution is 2.19. The Morgan fingerprint density at radius 2 is 2.33 bits per heavy atom. The Balaban J connectivity index is 2.08. The second kappa shape index (κ2) is 7.90. The van der Waals surface area contributed by atoms with Gasteiger partial charge in [0.25, 0.3) is 5.91 Å². The van der Waals surface area contributed by atoms with E-state index >= 15 is 0 Å². The van der Waals surface area contributed by atoms with Crippen LogP contribution in [0.15, 0.2) is 22.7 Å². The van der Waals surface area contributed by atoms with Crippen molar-refractivity contribution in [1.82, 2.24) is 10.2 Å². The van der Waals surface area contributed by atoms with Gasteiger partial charge in [-0.1, -0.05) is 6.92 Å². The maximum atomic E-state index is 13.3. The van der Waals surface area contributed by atoms with Gasteiger partial charge >= 0.3 is 0 Å². The lowest BCUT2D eigenvalue weighted by atomic mass is 9.98. The van der Waals surface area contributed by atoms with Crippen LogP contribution in [0.3, 0.4) is 0 Å². The van der Waals surface area contributed by atoms with Crippen molar-refractivity contribution in [3.05, 3.63) is 34.1 Å². The lowest BCUT2D eigenvalue weighted by molar-refractivity contribution is 0.0718. The van der Waals surface area contributed by atoms with E-state index in [9.17, 15) is 9.18 Å². The Morgan fingerprint density at radius 3 is 2.95 bits per heavy atom. The first kappa shape index (κ1) is 16.4. The molecule has 1 saturated heterocycles. The van der Waals surface area contributed by atoms with Gasteiger partial charge in [0.15, 0.2) is 0 Å². The van der Waals surface area contributed by atoms with E-state index in [0.29, 0.717) is 16.0 Å². The van der Waals surface area contributed by atoms with Gasteiger partial charge in [-0.05, 0) is 72.4 Å². The summed E-state index contributed by atoms with van der Waals surface area (Å²) in [6.07, 6.45) is 3.25. The molecule has 1 amide bonds. The highest BCUT2D eigenvalue weighted by Gasteiger charge is 2.21. The minimum absolute atomic E-state index is 0.0110. The first-order valence-corrected chi connectivity index (χ1v) is 8.36. The number of carbonyl (C=O) groups excluding carboxylic acids is 1. The van der Waals surface area contributed by atoms with Crippen molar-refractivity contribution in [1.29, 1.82) is 0 Å². The standard InChI is InChI=1S/C16H22BrFN2O/c1-2-8-20(11-12-4-3-7-19-10-12)16(21)13-5-6-15(18)14(17)9-13/h5-6,9,12,19H,2-4,7-8,10-11H2,1H3. The molecule has 0 saturated carbocycles. The Morgan fingerprint density at radius 1 is 1.52 bits per heavy atom. The van der Waals surface area contributed by atoms with Crippen LogP contribution in [0, 0.1) is 11.7 Å². The molecule has 0 aromatic heterocycles. The van der Waals surface area contributed by atoms with E-state index in [0.717, 1.165) is 39.0 Å². The van der Waals surface area contributed by atoms with Gasteiger partial charge in [-0.3, -0.25) is 4.79 Å². The summed E-state index contributed by atoms with van der Waals surface area (Å²) in [5, 5.41) is 3.38. The zero-order valence-electron chi connectivity index (χ0n) is 12.4. The van der Waals surface area contributed by atoms with E-state index in [1.807, 2.05) is 4.90 Å². The van der Waals surface area contributed by atoms with Crippen LogP contribution >= 0.6 is 15.9 Å². The molecule has 1 aliphatic rings. The zero-order valence-corrected chi connectivity index (χ0v) is 14.0. The summed E-state index contributed by atoms with van der Waals surface area (Å²) in [6, 6.07) is 4.47. The van der Waals surface area contributed by atoms with Gasteiger partial charge in [-0.15, -0.1) is 0 Å². The van der Waals surface area contributed by atoms with Gasteiger partial charge in [0.2, 0.25) is 0 Å². The van der Waals surface area contributed by atoms with Crippen molar-refractivity contribution in [2.45, 2.75) is 26.2 Å². The van der Waals surface area contributed by atoms with Crippen molar-refractivity contribution in [3.63, 3.8) is 0 Å². The fourth-order valence-corrected chi connectivity index (χ4v) is 3.13. The number of amides is 1. The number of benzene rings is 1. The van der Waals surface area contributed by atoms with Crippen molar-refractivity contribution < 1.29 is 9.18 Å². The average molecular weight is 357 g/mol. The van der Waals surface area contributed by atoms with Crippen LogP contribution in [0.4, 0.5) is 4.39 Å². The molecule has 0 spiro atoms. The highest BCUT2D eigenvalue weighted by atomic mass is 79.9. The lowest BCUT2D eigenvalue weighted by Crippen LogP contribution is -2.41. The second-order valence-corrected chi connectivity index (χ2v) is 6.45. The predicted molar refractivity (Wildman–Crippen MR) is 85.9 cm³/mol. The number of rotatable bonds is 5. The molecule has 0 radical (unpaired) electrons. The van der Waals surface area contributed by atoms with Crippen molar-refractivity contribution in [3.8, 4) is 0 Å². The number of halogens is 2. The van der Waals surface area contributed by atoms with Gasteiger partial charge < -0.3 is 10.2 Å². The predicted octanol–water partition coefficient (Wildman–Crippen LogP) is 3.44. The molecule has 2 rings (SSSR count). The molecular formula is C16H22BrFN2O. The van der Waals surface area contributed by atoms with Crippen LogP contribution in [-0.4, -0.2) is 37.0 Å². The van der Waals surface area contributed by atoms with Gasteiger partial charge in [0.05, 0.1) is 4.47 Å². The molecule has 1 N–H and O–H groups in total. The maximum absolute atomic E-state index is 13.3. The molecule has 1 aromatic rings. The smallest absolute Gasteiger partial charge is 0.253 e. The Kier molecular flexibility index (Phi) is 6.18. The number of piperidine rings is 1. The van der Waals surface area contributed by atoms with Gasteiger partial charge in [-0.25, -0.2) is 4.39 Å². The van der Waals surface area contributed by atoms with E-state index in [1.54, 1.807) is 12.1 Å². The van der Waals surface area contributed by atoms with Gasteiger partial charge in [-0.2, -0.15) is 0 Å². The number of hydrogen-bond acceptors (Lipinski definition) is 2. The Hall–Kier alpha value is -0.940. The molecule has 1 unspecified atom stereocenters. The van der Waals surface area contributed by atoms with E-state index in [2.05, 4.69) is 28.2 Å². The quantitative estimate of drug-likeness (QED) is 0.876. The van der Waals surface area contributed by atoms with Crippen LogP contribution in [0.5, 0.6) is 0 Å². The van der Waals surface area contributed by atoms with Crippen molar-refractivity contribution >= 4 is 21.8 Å². The fraction of sp³-hybridized carbons (Fsp3) is 0.562. The van der Waals surface area contributed by atoms with Crippen molar-refractivity contribution in [2.24, 2.45) is 5.92 Å². The number of hydrogen-bond donors (Lipinski definition) is 1.